The van der Waals surface area contributed by atoms with Crippen molar-refractivity contribution in [3.8, 4) is 0 Å². The Balaban J connectivity index is 2.00. The molecule has 0 aliphatic heterocycles. The zero-order valence-corrected chi connectivity index (χ0v) is 11.8. The topological polar surface area (TPSA) is 70.6 Å². The minimum Gasteiger partial charge on any atom is -0.326 e. The van der Waals surface area contributed by atoms with E-state index in [4.69, 9.17) is 0 Å². The molecule has 0 aliphatic rings. The van der Waals surface area contributed by atoms with Gasteiger partial charge in [0.25, 0.3) is 5.91 Å². The first kappa shape index (κ1) is 15.4. The number of hydrogen-bond acceptors (Lipinski definition) is 3. The lowest BCUT2D eigenvalue weighted by Gasteiger charge is -2.04. The lowest BCUT2D eigenvalue weighted by Crippen LogP contribution is -2.18. The van der Waals surface area contributed by atoms with Crippen LogP contribution in [0.5, 0.6) is 0 Å². The first-order valence-electron chi connectivity index (χ1n) is 6.51. The molecule has 0 bridgehead atoms. The summed E-state index contributed by atoms with van der Waals surface area (Å²) in [7, 11) is 0. The van der Waals surface area contributed by atoms with E-state index < -0.39 is 5.91 Å². The number of anilines is 1. The molecule has 0 unspecified atom stereocenters. The monoisotopic (exact) mass is 299 g/mol. The minimum absolute atomic E-state index is 0.216. The Kier molecular flexibility index (Phi) is 4.98. The quantitative estimate of drug-likeness (QED) is 0.673. The molecule has 0 atom stereocenters. The van der Waals surface area contributed by atoms with Crippen LogP contribution in [0.3, 0.4) is 0 Å². The molecule has 0 spiro atoms. The van der Waals surface area contributed by atoms with E-state index in [9.17, 15) is 14.0 Å². The van der Waals surface area contributed by atoms with Crippen LogP contribution in [-0.4, -0.2) is 18.0 Å². The Morgan fingerprint density at radius 2 is 1.86 bits per heavy atom. The molecule has 112 valence electrons. The van der Waals surface area contributed by atoms with Crippen LogP contribution in [-0.2, 0) is 4.79 Å². The second kappa shape index (κ2) is 7.12. The molecule has 0 aliphatic carbocycles. The van der Waals surface area contributed by atoms with E-state index in [-0.39, 0.29) is 11.7 Å². The summed E-state index contributed by atoms with van der Waals surface area (Å²) in [5.41, 5.74) is 3.92. The van der Waals surface area contributed by atoms with Crippen LogP contribution in [0.4, 0.5) is 10.1 Å². The third-order valence-corrected chi connectivity index (χ3v) is 2.69. The number of carbonyl (C=O) groups is 2. The highest BCUT2D eigenvalue weighted by Crippen LogP contribution is 2.10. The van der Waals surface area contributed by atoms with E-state index >= 15 is 0 Å². The Morgan fingerprint density at radius 3 is 2.55 bits per heavy atom. The number of amides is 2. The highest BCUT2D eigenvalue weighted by molar-refractivity contribution is 5.97. The van der Waals surface area contributed by atoms with E-state index in [1.165, 1.54) is 25.3 Å². The van der Waals surface area contributed by atoms with Gasteiger partial charge in [0.15, 0.2) is 0 Å². The van der Waals surface area contributed by atoms with Crippen LogP contribution < -0.4 is 10.7 Å². The van der Waals surface area contributed by atoms with Gasteiger partial charge in [0.05, 0.1) is 6.21 Å². The fourth-order valence-electron chi connectivity index (χ4n) is 1.72. The lowest BCUT2D eigenvalue weighted by atomic mass is 10.2. The van der Waals surface area contributed by atoms with Crippen molar-refractivity contribution in [1.29, 1.82) is 0 Å². The molecule has 2 rings (SSSR count). The fourth-order valence-corrected chi connectivity index (χ4v) is 1.72. The van der Waals surface area contributed by atoms with Crippen molar-refractivity contribution in [2.24, 2.45) is 5.10 Å². The molecule has 22 heavy (non-hydrogen) atoms. The van der Waals surface area contributed by atoms with Crippen molar-refractivity contribution in [2.45, 2.75) is 6.92 Å². The Bertz CT molecular complexity index is 712. The van der Waals surface area contributed by atoms with Crippen molar-refractivity contribution in [1.82, 2.24) is 5.43 Å². The standard InChI is InChI=1S/C16H14FN3O2/c1-11(21)19-15-4-2-3-13(9-15)16(22)20-18-10-12-5-7-14(17)8-6-12/h2-10H,1H3,(H,19,21)(H,20,22)/b18-10+. The first-order chi connectivity index (χ1) is 10.5. The SMILES string of the molecule is CC(=O)Nc1cccc(C(=O)N/N=C/c2ccc(F)cc2)c1. The predicted octanol–water partition coefficient (Wildman–Crippen LogP) is 2.55. The summed E-state index contributed by atoms with van der Waals surface area (Å²) in [5.74, 6) is -0.964. The van der Waals surface area contributed by atoms with Crippen molar-refractivity contribution < 1.29 is 14.0 Å². The normalized spacial score (nSPS) is 10.5. The molecule has 2 N–H and O–H groups in total. The zero-order chi connectivity index (χ0) is 15.9. The maximum atomic E-state index is 12.7. The van der Waals surface area contributed by atoms with Gasteiger partial charge in [-0.05, 0) is 35.9 Å². The lowest BCUT2D eigenvalue weighted by molar-refractivity contribution is -0.114. The number of rotatable bonds is 4. The van der Waals surface area contributed by atoms with Crippen molar-refractivity contribution in [3.63, 3.8) is 0 Å². The minimum atomic E-state index is -0.412. The van der Waals surface area contributed by atoms with Crippen LogP contribution in [0.2, 0.25) is 0 Å². The number of nitrogens with one attached hydrogen (secondary N) is 2. The molecular weight excluding hydrogens is 285 g/mol. The molecule has 0 aromatic heterocycles. The first-order valence-corrected chi connectivity index (χ1v) is 6.51. The number of halogens is 1. The van der Waals surface area contributed by atoms with Crippen LogP contribution in [0, 0.1) is 5.82 Å². The van der Waals surface area contributed by atoms with Gasteiger partial charge in [0, 0.05) is 18.2 Å². The number of hydrazone groups is 1. The summed E-state index contributed by atoms with van der Waals surface area (Å²) in [6.07, 6.45) is 1.41. The molecule has 2 aromatic rings. The van der Waals surface area contributed by atoms with Gasteiger partial charge in [-0.3, -0.25) is 9.59 Å². The third kappa shape index (κ3) is 4.52. The second-order valence-corrected chi connectivity index (χ2v) is 4.51. The molecular formula is C16H14FN3O2. The molecule has 2 aromatic carbocycles. The van der Waals surface area contributed by atoms with E-state index in [2.05, 4.69) is 15.8 Å². The molecule has 0 radical (unpaired) electrons. The van der Waals surface area contributed by atoms with Crippen molar-refractivity contribution in [2.75, 3.05) is 5.32 Å². The van der Waals surface area contributed by atoms with Crippen molar-refractivity contribution >= 4 is 23.7 Å². The van der Waals surface area contributed by atoms with Crippen LogP contribution >= 0.6 is 0 Å². The average Bonchev–Trinajstić information content (AvgIpc) is 2.49. The van der Waals surface area contributed by atoms with Gasteiger partial charge in [0.2, 0.25) is 5.91 Å². The smallest absolute Gasteiger partial charge is 0.271 e. The van der Waals surface area contributed by atoms with Gasteiger partial charge in [-0.2, -0.15) is 5.10 Å². The molecule has 6 heteroatoms. The highest BCUT2D eigenvalue weighted by atomic mass is 19.1. The van der Waals surface area contributed by atoms with Gasteiger partial charge < -0.3 is 5.32 Å². The summed E-state index contributed by atoms with van der Waals surface area (Å²) >= 11 is 0. The van der Waals surface area contributed by atoms with Gasteiger partial charge >= 0.3 is 0 Å². The van der Waals surface area contributed by atoms with Gasteiger partial charge in [-0.15, -0.1) is 0 Å². The molecule has 5 nitrogen and oxygen atoms in total. The summed E-state index contributed by atoms with van der Waals surface area (Å²) in [6.45, 7) is 1.39. The van der Waals surface area contributed by atoms with E-state index in [1.807, 2.05) is 0 Å². The van der Waals surface area contributed by atoms with E-state index in [1.54, 1.807) is 36.4 Å². The summed E-state index contributed by atoms with van der Waals surface area (Å²) in [5, 5.41) is 6.40. The maximum absolute atomic E-state index is 12.7. The maximum Gasteiger partial charge on any atom is 0.271 e. The van der Waals surface area contributed by atoms with Crippen LogP contribution in [0.15, 0.2) is 53.6 Å². The highest BCUT2D eigenvalue weighted by Gasteiger charge is 2.05. The number of hydrogen-bond donors (Lipinski definition) is 2. The van der Waals surface area contributed by atoms with Crippen LogP contribution in [0.25, 0.3) is 0 Å². The van der Waals surface area contributed by atoms with Gasteiger partial charge in [0.1, 0.15) is 5.82 Å². The number of benzene rings is 2. The summed E-state index contributed by atoms with van der Waals surface area (Å²) in [6, 6.07) is 12.2. The van der Waals surface area contributed by atoms with Gasteiger partial charge in [-0.1, -0.05) is 18.2 Å². The zero-order valence-electron chi connectivity index (χ0n) is 11.8. The average molecular weight is 299 g/mol. The van der Waals surface area contributed by atoms with Gasteiger partial charge in [-0.25, -0.2) is 9.82 Å². The Morgan fingerprint density at radius 1 is 1.14 bits per heavy atom. The molecule has 0 heterocycles. The van der Waals surface area contributed by atoms with Crippen molar-refractivity contribution in [3.05, 3.63) is 65.5 Å². The van der Waals surface area contributed by atoms with Crippen LogP contribution in [0.1, 0.15) is 22.8 Å². The van der Waals surface area contributed by atoms with E-state index in [0.717, 1.165) is 0 Å². The molecule has 0 saturated heterocycles. The third-order valence-electron chi connectivity index (χ3n) is 2.69. The fraction of sp³-hybridized carbons (Fsp3) is 0.0625. The Labute approximate surface area is 126 Å². The number of nitrogens with zero attached hydrogens (tertiary/aromatic N) is 1. The summed E-state index contributed by atoms with van der Waals surface area (Å²) < 4.78 is 12.7. The Hall–Kier alpha value is -3.02. The molecule has 2 amide bonds. The molecule has 0 saturated carbocycles. The summed E-state index contributed by atoms with van der Waals surface area (Å²) in [4.78, 5) is 22.9. The second-order valence-electron chi connectivity index (χ2n) is 4.51. The largest absolute Gasteiger partial charge is 0.326 e. The number of carbonyl (C=O) groups excluding carboxylic acids is 2. The molecule has 0 fully saturated rings. The predicted molar refractivity (Wildman–Crippen MR) is 82.2 cm³/mol. The van der Waals surface area contributed by atoms with E-state index in [0.29, 0.717) is 16.8 Å².